The standard InChI is InChI=1S/C6H7F3N2/c1-5(2)3-10-4(11-5)6(7,8)9/h3H,1-2H3. The highest BCUT2D eigenvalue weighted by atomic mass is 19.4. The predicted octanol–water partition coefficient (Wildman–Crippen LogP) is 1.81. The minimum atomic E-state index is -4.41. The van der Waals surface area contributed by atoms with Crippen molar-refractivity contribution in [2.75, 3.05) is 0 Å². The van der Waals surface area contributed by atoms with Gasteiger partial charge in [-0.2, -0.15) is 13.2 Å². The maximum Gasteiger partial charge on any atom is 0.451 e. The van der Waals surface area contributed by atoms with E-state index >= 15 is 0 Å². The van der Waals surface area contributed by atoms with Crippen LogP contribution in [0.25, 0.3) is 0 Å². The molecule has 0 aromatic rings. The molecule has 0 N–H and O–H groups in total. The Hall–Kier alpha value is -0.870. The zero-order chi connectivity index (χ0) is 8.70. The molecule has 1 aliphatic rings. The SMILES string of the molecule is CC1(C)C=NC(C(F)(F)F)=N1. The van der Waals surface area contributed by atoms with Gasteiger partial charge in [-0.05, 0) is 13.8 Å². The van der Waals surface area contributed by atoms with Gasteiger partial charge in [0.15, 0.2) is 0 Å². The lowest BCUT2D eigenvalue weighted by molar-refractivity contribution is -0.0597. The van der Waals surface area contributed by atoms with E-state index in [9.17, 15) is 13.2 Å². The van der Waals surface area contributed by atoms with Crippen LogP contribution in [-0.2, 0) is 0 Å². The normalized spacial score (nSPS) is 22.1. The van der Waals surface area contributed by atoms with Gasteiger partial charge in [0.1, 0.15) is 0 Å². The van der Waals surface area contributed by atoms with Crippen LogP contribution in [0.4, 0.5) is 13.2 Å². The third kappa shape index (κ3) is 1.78. The molecule has 0 bridgehead atoms. The summed E-state index contributed by atoms with van der Waals surface area (Å²) in [5, 5.41) is 0. The van der Waals surface area contributed by atoms with Gasteiger partial charge in [0.2, 0.25) is 5.84 Å². The van der Waals surface area contributed by atoms with Crippen LogP contribution in [0.2, 0.25) is 0 Å². The van der Waals surface area contributed by atoms with Gasteiger partial charge in [-0.15, -0.1) is 0 Å². The van der Waals surface area contributed by atoms with Gasteiger partial charge in [0, 0.05) is 6.21 Å². The predicted molar refractivity (Wildman–Crippen MR) is 36.1 cm³/mol. The number of aliphatic imine (C=N–C) groups is 2. The van der Waals surface area contributed by atoms with Gasteiger partial charge < -0.3 is 0 Å². The molecule has 5 heteroatoms. The number of rotatable bonds is 0. The number of nitrogens with zero attached hydrogens (tertiary/aromatic N) is 2. The van der Waals surface area contributed by atoms with Crippen molar-refractivity contribution >= 4 is 12.1 Å². The average Bonchev–Trinajstić information content (AvgIpc) is 2.07. The molecule has 0 aliphatic carbocycles. The van der Waals surface area contributed by atoms with Gasteiger partial charge in [-0.3, -0.25) is 4.99 Å². The number of amidine groups is 1. The third-order valence-corrected chi connectivity index (χ3v) is 1.15. The van der Waals surface area contributed by atoms with Gasteiger partial charge >= 0.3 is 6.18 Å². The number of hydrogen-bond donors (Lipinski definition) is 0. The topological polar surface area (TPSA) is 24.7 Å². The fourth-order valence-electron chi connectivity index (χ4n) is 0.686. The molecule has 62 valence electrons. The van der Waals surface area contributed by atoms with Crippen LogP contribution in [0.5, 0.6) is 0 Å². The molecule has 0 aromatic carbocycles. The maximum absolute atomic E-state index is 11.9. The molecule has 0 radical (unpaired) electrons. The van der Waals surface area contributed by atoms with Crippen LogP contribution in [0.1, 0.15) is 13.8 Å². The van der Waals surface area contributed by atoms with Crippen LogP contribution in [0.3, 0.4) is 0 Å². The monoisotopic (exact) mass is 164 g/mol. The summed E-state index contributed by atoms with van der Waals surface area (Å²) < 4.78 is 35.6. The fourth-order valence-corrected chi connectivity index (χ4v) is 0.686. The van der Waals surface area contributed by atoms with E-state index in [0.29, 0.717) is 0 Å². The number of hydrogen-bond acceptors (Lipinski definition) is 2. The Morgan fingerprint density at radius 3 is 2.09 bits per heavy atom. The summed E-state index contributed by atoms with van der Waals surface area (Å²) in [5.74, 6) is -1.04. The molecule has 0 unspecified atom stereocenters. The van der Waals surface area contributed by atoms with Crippen LogP contribution < -0.4 is 0 Å². The summed E-state index contributed by atoms with van der Waals surface area (Å²) in [4.78, 5) is 6.52. The molecule has 1 rings (SSSR count). The largest absolute Gasteiger partial charge is 0.451 e. The molecule has 11 heavy (non-hydrogen) atoms. The minimum absolute atomic E-state index is 0.801. The zero-order valence-corrected chi connectivity index (χ0v) is 6.11. The molecular formula is C6H7F3N2. The fraction of sp³-hybridized carbons (Fsp3) is 0.667. The van der Waals surface area contributed by atoms with Crippen LogP contribution in [0, 0.1) is 0 Å². The van der Waals surface area contributed by atoms with E-state index in [1.54, 1.807) is 13.8 Å². The Morgan fingerprint density at radius 2 is 1.91 bits per heavy atom. The summed E-state index contributed by atoms with van der Waals surface area (Å²) in [6.45, 7) is 3.13. The van der Waals surface area contributed by atoms with Gasteiger partial charge in [0.25, 0.3) is 0 Å². The molecular weight excluding hydrogens is 157 g/mol. The molecule has 0 amide bonds. The molecule has 0 spiro atoms. The summed E-state index contributed by atoms with van der Waals surface area (Å²) in [6.07, 6.45) is -3.22. The highest BCUT2D eigenvalue weighted by Crippen LogP contribution is 2.24. The first-order valence-electron chi connectivity index (χ1n) is 3.03. The molecule has 1 aliphatic heterocycles. The molecule has 0 fully saturated rings. The van der Waals surface area contributed by atoms with Crippen molar-refractivity contribution < 1.29 is 13.2 Å². The van der Waals surface area contributed by atoms with Crippen LogP contribution >= 0.6 is 0 Å². The average molecular weight is 164 g/mol. The Labute approximate surface area is 61.8 Å². The highest BCUT2D eigenvalue weighted by Gasteiger charge is 2.39. The summed E-state index contributed by atoms with van der Waals surface area (Å²) in [5.41, 5.74) is -0.801. The van der Waals surface area contributed by atoms with Crippen LogP contribution in [-0.4, -0.2) is 23.8 Å². The third-order valence-electron chi connectivity index (χ3n) is 1.15. The summed E-state index contributed by atoms with van der Waals surface area (Å²) >= 11 is 0. The number of alkyl halides is 3. The maximum atomic E-state index is 11.9. The molecule has 2 nitrogen and oxygen atoms in total. The second kappa shape index (κ2) is 2.06. The van der Waals surface area contributed by atoms with Crippen molar-refractivity contribution in [2.45, 2.75) is 25.6 Å². The van der Waals surface area contributed by atoms with E-state index in [-0.39, 0.29) is 0 Å². The molecule has 0 aromatic heterocycles. The van der Waals surface area contributed by atoms with E-state index < -0.39 is 17.6 Å². The first-order chi connectivity index (χ1) is 4.81. The number of halogens is 3. The van der Waals surface area contributed by atoms with E-state index in [2.05, 4.69) is 9.98 Å². The van der Waals surface area contributed by atoms with E-state index in [4.69, 9.17) is 0 Å². The van der Waals surface area contributed by atoms with E-state index in [1.807, 2.05) is 0 Å². The smallest absolute Gasteiger partial charge is 0.251 e. The lowest BCUT2D eigenvalue weighted by atomic mass is 10.1. The second-order valence-corrected chi connectivity index (χ2v) is 2.85. The van der Waals surface area contributed by atoms with Gasteiger partial charge in [-0.1, -0.05) is 0 Å². The first kappa shape index (κ1) is 8.23. The van der Waals surface area contributed by atoms with Gasteiger partial charge in [0.05, 0.1) is 5.54 Å². The lowest BCUT2D eigenvalue weighted by Crippen LogP contribution is -2.21. The molecule has 0 saturated carbocycles. The summed E-state index contributed by atoms with van der Waals surface area (Å²) in [7, 11) is 0. The zero-order valence-electron chi connectivity index (χ0n) is 6.11. The highest BCUT2D eigenvalue weighted by molar-refractivity contribution is 6.00. The Morgan fingerprint density at radius 1 is 1.36 bits per heavy atom. The van der Waals surface area contributed by atoms with E-state index in [0.717, 1.165) is 0 Å². The van der Waals surface area contributed by atoms with Gasteiger partial charge in [-0.25, -0.2) is 4.99 Å². The van der Waals surface area contributed by atoms with Crippen molar-refractivity contribution in [3.05, 3.63) is 0 Å². The molecule has 1 heterocycles. The first-order valence-corrected chi connectivity index (χ1v) is 3.03. The minimum Gasteiger partial charge on any atom is -0.251 e. The van der Waals surface area contributed by atoms with E-state index in [1.165, 1.54) is 6.21 Å². The van der Waals surface area contributed by atoms with Crippen molar-refractivity contribution in [3.8, 4) is 0 Å². The Bertz CT molecular complexity index is 224. The second-order valence-electron chi connectivity index (χ2n) is 2.85. The molecule has 0 atom stereocenters. The lowest BCUT2D eigenvalue weighted by Gasteiger charge is -2.07. The van der Waals surface area contributed by atoms with Crippen molar-refractivity contribution in [1.82, 2.24) is 0 Å². The Kier molecular flexibility index (Phi) is 1.54. The van der Waals surface area contributed by atoms with Crippen LogP contribution in [0.15, 0.2) is 9.98 Å². The van der Waals surface area contributed by atoms with Crippen molar-refractivity contribution in [1.29, 1.82) is 0 Å². The quantitative estimate of drug-likeness (QED) is 0.521. The molecule has 0 saturated heterocycles. The van der Waals surface area contributed by atoms with Crippen molar-refractivity contribution in [2.24, 2.45) is 9.98 Å². The summed E-state index contributed by atoms with van der Waals surface area (Å²) in [6, 6.07) is 0. The Balaban J connectivity index is 2.89. The van der Waals surface area contributed by atoms with Crippen molar-refractivity contribution in [3.63, 3.8) is 0 Å².